The number of rotatable bonds is 7. The molecule has 1 aliphatic heterocycles. The van der Waals surface area contributed by atoms with Crippen LogP contribution in [-0.2, 0) is 22.4 Å². The van der Waals surface area contributed by atoms with Crippen LogP contribution in [-0.4, -0.2) is 29.8 Å². The van der Waals surface area contributed by atoms with Gasteiger partial charge in [0.05, 0.1) is 5.41 Å². The normalized spacial score (nSPS) is 18.5. The Morgan fingerprint density at radius 1 is 0.967 bits per heavy atom. The maximum Gasteiger partial charge on any atom is 0.225 e. The molecule has 0 aliphatic carbocycles. The average molecular weight is 419 g/mol. The van der Waals surface area contributed by atoms with Gasteiger partial charge in [-0.3, -0.25) is 9.59 Å². The van der Waals surface area contributed by atoms with E-state index in [2.05, 4.69) is 35.7 Å². The van der Waals surface area contributed by atoms with Crippen molar-refractivity contribution in [1.29, 1.82) is 0 Å². The molecule has 0 unspecified atom stereocenters. The summed E-state index contributed by atoms with van der Waals surface area (Å²) >= 11 is 1.71. The Morgan fingerprint density at radius 2 is 1.73 bits per heavy atom. The van der Waals surface area contributed by atoms with Crippen molar-refractivity contribution in [1.82, 2.24) is 4.90 Å². The van der Waals surface area contributed by atoms with Gasteiger partial charge in [0.2, 0.25) is 11.8 Å². The fourth-order valence-corrected chi connectivity index (χ4v) is 4.93. The first-order valence-electron chi connectivity index (χ1n) is 10.3. The largest absolute Gasteiger partial charge is 0.369 e. The fourth-order valence-electron chi connectivity index (χ4n) is 4.19. The molecule has 0 bridgehead atoms. The highest BCUT2D eigenvalue weighted by Gasteiger charge is 2.44. The number of benzene rings is 2. The molecule has 154 valence electrons. The monoisotopic (exact) mass is 418 g/mol. The van der Waals surface area contributed by atoms with Gasteiger partial charge >= 0.3 is 0 Å². The summed E-state index contributed by atoms with van der Waals surface area (Å²) in [7, 11) is 0. The fraction of sp³-hybridized carbons (Fsp3) is 0.280. The molecule has 2 aromatic carbocycles. The molecule has 2 heterocycles. The minimum absolute atomic E-state index is 0.0926. The molecule has 1 aliphatic rings. The summed E-state index contributed by atoms with van der Waals surface area (Å²) < 4.78 is 0. The quantitative estimate of drug-likeness (QED) is 0.622. The minimum Gasteiger partial charge on any atom is -0.369 e. The Hall–Kier alpha value is -2.92. The Bertz CT molecular complexity index is 999. The van der Waals surface area contributed by atoms with Gasteiger partial charge in [0.1, 0.15) is 0 Å². The van der Waals surface area contributed by atoms with Crippen LogP contribution in [0.3, 0.4) is 0 Å². The molecule has 30 heavy (non-hydrogen) atoms. The summed E-state index contributed by atoms with van der Waals surface area (Å²) in [5, 5.41) is 2.06. The Labute approximate surface area is 181 Å². The van der Waals surface area contributed by atoms with E-state index in [4.69, 9.17) is 5.73 Å². The third-order valence-corrected chi connectivity index (χ3v) is 6.92. The average Bonchev–Trinajstić information content (AvgIpc) is 3.45. The van der Waals surface area contributed by atoms with E-state index in [1.54, 1.807) is 11.3 Å². The van der Waals surface area contributed by atoms with Crippen LogP contribution in [0.4, 0.5) is 0 Å². The number of hydrogen-bond acceptors (Lipinski definition) is 3. The predicted molar refractivity (Wildman–Crippen MR) is 121 cm³/mol. The van der Waals surface area contributed by atoms with Crippen molar-refractivity contribution >= 4 is 23.2 Å². The van der Waals surface area contributed by atoms with E-state index in [0.717, 1.165) is 11.1 Å². The highest BCUT2D eigenvalue weighted by Crippen LogP contribution is 2.35. The maximum atomic E-state index is 12.7. The lowest BCUT2D eigenvalue weighted by molar-refractivity contribution is -0.132. The van der Waals surface area contributed by atoms with Crippen LogP contribution in [0.25, 0.3) is 10.4 Å². The smallest absolute Gasteiger partial charge is 0.225 e. The van der Waals surface area contributed by atoms with Gasteiger partial charge in [-0.15, -0.1) is 11.3 Å². The summed E-state index contributed by atoms with van der Waals surface area (Å²) in [5.41, 5.74) is 8.55. The Morgan fingerprint density at radius 3 is 2.40 bits per heavy atom. The summed E-state index contributed by atoms with van der Waals surface area (Å²) in [6.07, 6.45) is 2.35. The number of thiophene rings is 1. The molecule has 0 radical (unpaired) electrons. The molecule has 3 aromatic rings. The first-order valence-corrected chi connectivity index (χ1v) is 11.2. The lowest BCUT2D eigenvalue weighted by atomic mass is 9.80. The van der Waals surface area contributed by atoms with E-state index in [0.29, 0.717) is 38.8 Å². The van der Waals surface area contributed by atoms with E-state index in [1.165, 1.54) is 10.4 Å². The van der Waals surface area contributed by atoms with Crippen molar-refractivity contribution < 1.29 is 9.59 Å². The van der Waals surface area contributed by atoms with Crippen LogP contribution in [0.2, 0.25) is 0 Å². The van der Waals surface area contributed by atoms with Gasteiger partial charge in [0, 0.05) is 24.4 Å². The highest BCUT2D eigenvalue weighted by molar-refractivity contribution is 7.13. The lowest BCUT2D eigenvalue weighted by Crippen LogP contribution is -2.42. The number of nitrogens with two attached hydrogens (primary N) is 1. The van der Waals surface area contributed by atoms with Crippen LogP contribution in [0, 0.1) is 5.41 Å². The number of nitrogens with zero attached hydrogens (tertiary/aromatic N) is 1. The number of amides is 2. The van der Waals surface area contributed by atoms with Crippen molar-refractivity contribution in [3.05, 3.63) is 83.2 Å². The number of likely N-dealkylation sites (tertiary alicyclic amines) is 1. The molecular formula is C25H26N2O2S. The van der Waals surface area contributed by atoms with Crippen molar-refractivity contribution in [2.45, 2.75) is 25.7 Å². The Balaban J connectivity index is 1.41. The zero-order valence-electron chi connectivity index (χ0n) is 16.9. The third-order valence-electron chi connectivity index (χ3n) is 6.00. The Kier molecular flexibility index (Phi) is 6.00. The van der Waals surface area contributed by atoms with Gasteiger partial charge in [-0.25, -0.2) is 0 Å². The maximum absolute atomic E-state index is 12.7. The summed E-state index contributed by atoms with van der Waals surface area (Å²) in [4.78, 5) is 28.2. The van der Waals surface area contributed by atoms with E-state index in [1.807, 2.05) is 41.3 Å². The van der Waals surface area contributed by atoms with Gasteiger partial charge in [-0.2, -0.15) is 0 Å². The van der Waals surface area contributed by atoms with Crippen LogP contribution >= 0.6 is 11.3 Å². The molecule has 0 saturated carbocycles. The standard InChI is InChI=1S/C25H26N2O2S/c26-24(29)25(17-20-8-11-21(12-9-20)22-7-4-16-30-22)14-15-27(18-25)23(28)13-10-19-5-2-1-3-6-19/h1-9,11-12,16H,10,13-15,17-18H2,(H2,26,29)/t25-/m1/s1. The summed E-state index contributed by atoms with van der Waals surface area (Å²) in [5.74, 6) is -0.224. The summed E-state index contributed by atoms with van der Waals surface area (Å²) in [6.45, 7) is 0.993. The van der Waals surface area contributed by atoms with E-state index >= 15 is 0 Å². The van der Waals surface area contributed by atoms with Gasteiger partial charge in [-0.1, -0.05) is 60.7 Å². The van der Waals surface area contributed by atoms with Gasteiger partial charge < -0.3 is 10.6 Å². The molecule has 1 atom stereocenters. The molecule has 1 fully saturated rings. The molecule has 4 rings (SSSR count). The second-order valence-corrected chi connectivity index (χ2v) is 8.99. The first kappa shape index (κ1) is 20.4. The zero-order chi connectivity index (χ0) is 21.0. The number of hydrogen-bond donors (Lipinski definition) is 1. The van der Waals surface area contributed by atoms with Crippen molar-refractivity contribution in [3.8, 4) is 10.4 Å². The van der Waals surface area contributed by atoms with Crippen LogP contribution in [0.5, 0.6) is 0 Å². The molecule has 1 aromatic heterocycles. The van der Waals surface area contributed by atoms with Gasteiger partial charge in [-0.05, 0) is 47.4 Å². The molecule has 1 saturated heterocycles. The number of primary amides is 1. The second kappa shape index (κ2) is 8.84. The molecule has 4 nitrogen and oxygen atoms in total. The van der Waals surface area contributed by atoms with E-state index < -0.39 is 5.41 Å². The predicted octanol–water partition coefficient (Wildman–Crippen LogP) is 4.29. The van der Waals surface area contributed by atoms with E-state index in [9.17, 15) is 9.59 Å². The van der Waals surface area contributed by atoms with Crippen molar-refractivity contribution in [2.24, 2.45) is 11.1 Å². The SMILES string of the molecule is NC(=O)[C@@]1(Cc2ccc(-c3cccs3)cc2)CCN(C(=O)CCc2ccccc2)C1. The first-order chi connectivity index (χ1) is 14.6. The molecular weight excluding hydrogens is 392 g/mol. The van der Waals surface area contributed by atoms with Crippen LogP contribution in [0.15, 0.2) is 72.1 Å². The third kappa shape index (κ3) is 4.46. The topological polar surface area (TPSA) is 63.4 Å². The minimum atomic E-state index is -0.688. The van der Waals surface area contributed by atoms with Gasteiger partial charge in [0.25, 0.3) is 0 Å². The highest BCUT2D eigenvalue weighted by atomic mass is 32.1. The number of carbonyl (C=O) groups is 2. The summed E-state index contributed by atoms with van der Waals surface area (Å²) in [6, 6.07) is 22.5. The van der Waals surface area contributed by atoms with Crippen molar-refractivity contribution in [3.63, 3.8) is 0 Å². The molecule has 0 spiro atoms. The van der Waals surface area contributed by atoms with Gasteiger partial charge in [0.15, 0.2) is 0 Å². The molecule has 2 amide bonds. The molecule has 5 heteroatoms. The number of carbonyl (C=O) groups excluding carboxylic acids is 2. The molecule has 2 N–H and O–H groups in total. The second-order valence-electron chi connectivity index (χ2n) is 8.05. The lowest BCUT2D eigenvalue weighted by Gasteiger charge is -2.26. The van der Waals surface area contributed by atoms with E-state index in [-0.39, 0.29) is 11.8 Å². The van der Waals surface area contributed by atoms with Crippen LogP contribution in [0.1, 0.15) is 24.0 Å². The number of aryl methyl sites for hydroxylation is 1. The van der Waals surface area contributed by atoms with Crippen LogP contribution < -0.4 is 5.73 Å². The van der Waals surface area contributed by atoms with Crippen molar-refractivity contribution in [2.75, 3.05) is 13.1 Å². The zero-order valence-corrected chi connectivity index (χ0v) is 17.7.